The smallest absolute Gasteiger partial charge is 0.399 e. The molecule has 0 spiro atoms. The Balaban J connectivity index is 1.39. The number of likely N-dealkylation sites (tertiary alicyclic amines) is 1. The number of rotatable bonds is 3. The maximum atomic E-state index is 13.5. The van der Waals surface area contributed by atoms with Gasteiger partial charge < -0.3 is 14.2 Å². The molecule has 1 aromatic rings. The largest absolute Gasteiger partial charge is 0.494 e. The van der Waals surface area contributed by atoms with Gasteiger partial charge in [0.15, 0.2) is 0 Å². The van der Waals surface area contributed by atoms with Gasteiger partial charge in [-0.25, -0.2) is 0 Å². The summed E-state index contributed by atoms with van der Waals surface area (Å²) in [7, 11) is -0.410. The molecule has 2 saturated heterocycles. The molecule has 0 bridgehead atoms. The summed E-state index contributed by atoms with van der Waals surface area (Å²) in [6.45, 7) is 19.5. The summed E-state index contributed by atoms with van der Waals surface area (Å²) in [4.78, 5) is 18.3. The summed E-state index contributed by atoms with van der Waals surface area (Å²) in [5.41, 5.74) is 2.33. The van der Waals surface area contributed by atoms with Crippen LogP contribution in [0.3, 0.4) is 0 Å². The van der Waals surface area contributed by atoms with Gasteiger partial charge in [-0.05, 0) is 89.9 Å². The molecule has 32 heavy (non-hydrogen) atoms. The second-order valence-electron chi connectivity index (χ2n) is 12.8. The monoisotopic (exact) mass is 438 g/mol. The summed E-state index contributed by atoms with van der Waals surface area (Å²) < 4.78 is 12.6. The average molecular weight is 438 g/mol. The predicted octanol–water partition coefficient (Wildman–Crippen LogP) is 3.87. The van der Waals surface area contributed by atoms with Gasteiger partial charge in [0.25, 0.3) is 0 Å². The highest BCUT2D eigenvalue weighted by molar-refractivity contribution is 6.62. The Morgan fingerprint density at radius 1 is 0.938 bits per heavy atom. The SMILES string of the molecule is CC1(C)CCN(C2CC(N3C(=O)C(C)(C)c4ccc(B5OC(C)(C)C(C)(C)O5)cc43)C2)C1. The van der Waals surface area contributed by atoms with Crippen LogP contribution < -0.4 is 10.4 Å². The number of nitrogens with zero attached hydrogens (tertiary/aromatic N) is 2. The van der Waals surface area contributed by atoms with Gasteiger partial charge in [0.1, 0.15) is 0 Å². The normalized spacial score (nSPS) is 32.3. The van der Waals surface area contributed by atoms with Crippen molar-refractivity contribution in [2.75, 3.05) is 18.0 Å². The number of anilines is 1. The molecule has 1 aliphatic carbocycles. The summed E-state index contributed by atoms with van der Waals surface area (Å²) in [5.74, 6) is 0.226. The lowest BCUT2D eigenvalue weighted by atomic mass is 9.76. The molecule has 0 radical (unpaired) electrons. The molecule has 0 unspecified atom stereocenters. The molecule has 6 heteroatoms. The van der Waals surface area contributed by atoms with Gasteiger partial charge in [-0.15, -0.1) is 0 Å². The molecular weight excluding hydrogens is 399 g/mol. The van der Waals surface area contributed by atoms with E-state index in [9.17, 15) is 4.79 Å². The molecule has 1 saturated carbocycles. The zero-order chi connectivity index (χ0) is 23.3. The highest BCUT2D eigenvalue weighted by Gasteiger charge is 2.54. The summed E-state index contributed by atoms with van der Waals surface area (Å²) >= 11 is 0. The number of benzene rings is 1. The van der Waals surface area contributed by atoms with Crippen LogP contribution >= 0.6 is 0 Å². The van der Waals surface area contributed by atoms with Crippen LogP contribution in [0.5, 0.6) is 0 Å². The highest BCUT2D eigenvalue weighted by Crippen LogP contribution is 2.47. The molecule has 5 rings (SSSR count). The minimum Gasteiger partial charge on any atom is -0.399 e. The van der Waals surface area contributed by atoms with Gasteiger partial charge >= 0.3 is 7.12 Å². The van der Waals surface area contributed by atoms with Crippen molar-refractivity contribution in [2.24, 2.45) is 5.41 Å². The quantitative estimate of drug-likeness (QED) is 0.672. The number of carbonyl (C=O) groups excluding carboxylic acids is 1. The van der Waals surface area contributed by atoms with E-state index in [0.717, 1.165) is 29.6 Å². The minimum absolute atomic E-state index is 0.226. The van der Waals surface area contributed by atoms with E-state index in [4.69, 9.17) is 9.31 Å². The molecule has 3 fully saturated rings. The number of amides is 1. The van der Waals surface area contributed by atoms with Crippen molar-refractivity contribution in [3.8, 4) is 0 Å². The Kier molecular flexibility index (Phi) is 4.79. The minimum atomic E-state index is -0.496. The van der Waals surface area contributed by atoms with E-state index in [0.29, 0.717) is 11.5 Å². The molecule has 3 heterocycles. The lowest BCUT2D eigenvalue weighted by molar-refractivity contribution is -0.123. The van der Waals surface area contributed by atoms with Gasteiger partial charge in [0.2, 0.25) is 5.91 Å². The van der Waals surface area contributed by atoms with E-state index in [-0.39, 0.29) is 23.2 Å². The Morgan fingerprint density at radius 3 is 2.12 bits per heavy atom. The van der Waals surface area contributed by atoms with E-state index in [2.05, 4.69) is 83.4 Å². The van der Waals surface area contributed by atoms with Gasteiger partial charge in [0, 0.05) is 24.3 Å². The van der Waals surface area contributed by atoms with E-state index in [1.165, 1.54) is 19.5 Å². The van der Waals surface area contributed by atoms with Crippen LogP contribution in [-0.2, 0) is 19.5 Å². The van der Waals surface area contributed by atoms with Crippen molar-refractivity contribution in [3.63, 3.8) is 0 Å². The summed E-state index contributed by atoms with van der Waals surface area (Å²) in [6, 6.07) is 7.23. The third-order valence-electron chi connectivity index (χ3n) is 8.91. The van der Waals surface area contributed by atoms with Crippen LogP contribution in [0.15, 0.2) is 18.2 Å². The zero-order valence-electron chi connectivity index (χ0n) is 21.1. The fraction of sp³-hybridized carbons (Fsp3) is 0.731. The van der Waals surface area contributed by atoms with Crippen LogP contribution in [0.4, 0.5) is 5.69 Å². The van der Waals surface area contributed by atoms with Gasteiger partial charge in [-0.2, -0.15) is 0 Å². The molecule has 0 atom stereocenters. The Morgan fingerprint density at radius 2 is 1.56 bits per heavy atom. The number of carbonyl (C=O) groups is 1. The standard InChI is InChI=1S/C26H39BN2O3/c1-23(2)11-12-28(16-23)18-14-19(15-18)29-21-13-17(9-10-20(21)24(3,4)22(29)30)27-31-25(5,6)26(7,8)32-27/h9-10,13,18-19H,11-12,14-16H2,1-8H3. The van der Waals surface area contributed by atoms with Crippen LogP contribution in [0.1, 0.15) is 80.2 Å². The first kappa shape index (κ1) is 22.4. The maximum absolute atomic E-state index is 13.5. The fourth-order valence-corrected chi connectivity index (χ4v) is 5.82. The average Bonchev–Trinajstić information content (AvgIpc) is 3.17. The summed E-state index contributed by atoms with van der Waals surface area (Å²) in [5, 5.41) is 0. The highest BCUT2D eigenvalue weighted by atomic mass is 16.7. The zero-order valence-corrected chi connectivity index (χ0v) is 21.1. The fourth-order valence-electron chi connectivity index (χ4n) is 5.82. The van der Waals surface area contributed by atoms with E-state index >= 15 is 0 Å². The van der Waals surface area contributed by atoms with Crippen LogP contribution in [0.2, 0.25) is 0 Å². The van der Waals surface area contributed by atoms with Crippen LogP contribution in [-0.4, -0.2) is 54.3 Å². The second kappa shape index (κ2) is 6.83. The number of fused-ring (bicyclic) bond motifs is 1. The molecular formula is C26H39BN2O3. The molecule has 4 aliphatic rings. The second-order valence-corrected chi connectivity index (χ2v) is 12.8. The van der Waals surface area contributed by atoms with Gasteiger partial charge in [-0.3, -0.25) is 9.69 Å². The van der Waals surface area contributed by atoms with E-state index < -0.39 is 12.5 Å². The van der Waals surface area contributed by atoms with Crippen molar-refractivity contribution in [3.05, 3.63) is 23.8 Å². The van der Waals surface area contributed by atoms with Crippen molar-refractivity contribution in [1.29, 1.82) is 0 Å². The molecule has 0 N–H and O–H groups in total. The van der Waals surface area contributed by atoms with Crippen molar-refractivity contribution < 1.29 is 14.1 Å². The third kappa shape index (κ3) is 3.28. The molecule has 3 aliphatic heterocycles. The lowest BCUT2D eigenvalue weighted by Crippen LogP contribution is -2.56. The van der Waals surface area contributed by atoms with Gasteiger partial charge in [-0.1, -0.05) is 26.0 Å². The van der Waals surface area contributed by atoms with Crippen molar-refractivity contribution in [2.45, 2.75) is 103 Å². The first-order valence-electron chi connectivity index (χ1n) is 12.3. The lowest BCUT2D eigenvalue weighted by Gasteiger charge is -2.46. The van der Waals surface area contributed by atoms with Gasteiger partial charge in [0.05, 0.1) is 16.6 Å². The molecule has 0 aromatic heterocycles. The molecule has 1 aromatic carbocycles. The van der Waals surface area contributed by atoms with Crippen molar-refractivity contribution in [1.82, 2.24) is 4.90 Å². The first-order valence-corrected chi connectivity index (χ1v) is 12.3. The van der Waals surface area contributed by atoms with E-state index in [1.807, 2.05) is 0 Å². The Labute approximate surface area is 194 Å². The van der Waals surface area contributed by atoms with Crippen molar-refractivity contribution >= 4 is 24.2 Å². The predicted molar refractivity (Wildman–Crippen MR) is 129 cm³/mol. The topological polar surface area (TPSA) is 42.0 Å². The van der Waals surface area contributed by atoms with Crippen LogP contribution in [0.25, 0.3) is 0 Å². The van der Waals surface area contributed by atoms with E-state index in [1.54, 1.807) is 0 Å². The molecule has 1 amide bonds. The van der Waals surface area contributed by atoms with Crippen LogP contribution in [0, 0.1) is 5.41 Å². The first-order chi connectivity index (χ1) is 14.7. The maximum Gasteiger partial charge on any atom is 0.494 e. The Bertz CT molecular complexity index is 932. The number of hydrogen-bond acceptors (Lipinski definition) is 4. The molecule has 174 valence electrons. The Hall–Kier alpha value is -1.37. The number of hydrogen-bond donors (Lipinski definition) is 0. The molecule has 5 nitrogen and oxygen atoms in total. The summed E-state index contributed by atoms with van der Waals surface area (Å²) in [6.07, 6.45) is 3.40. The third-order valence-corrected chi connectivity index (χ3v) is 8.91.